The van der Waals surface area contributed by atoms with Crippen molar-refractivity contribution in [2.24, 2.45) is 10.4 Å². The molecule has 1 fully saturated rings. The molecule has 0 unspecified atom stereocenters. The van der Waals surface area contributed by atoms with Crippen LogP contribution in [0.25, 0.3) is 0 Å². The molecule has 0 aromatic carbocycles. The highest BCUT2D eigenvalue weighted by Crippen LogP contribution is 2.23. The van der Waals surface area contributed by atoms with Crippen LogP contribution in [0.4, 0.5) is 5.13 Å². The lowest BCUT2D eigenvalue weighted by atomic mass is 9.94. The second-order valence-corrected chi connectivity index (χ2v) is 8.91. The summed E-state index contributed by atoms with van der Waals surface area (Å²) in [6, 6.07) is -2.22. The molecule has 2 heterocycles. The average Bonchev–Trinajstić information content (AvgIpc) is 2.97. The smallest absolute Gasteiger partial charge is 0.362 e. The first-order chi connectivity index (χ1) is 12.8. The van der Waals surface area contributed by atoms with Gasteiger partial charge in [-0.2, -0.15) is 8.42 Å². The fourth-order valence-corrected chi connectivity index (χ4v) is 3.75. The predicted octanol–water partition coefficient (Wildman–Crippen LogP) is -0.856. The Kier molecular flexibility index (Phi) is 5.77. The highest BCUT2D eigenvalue weighted by Gasteiger charge is 2.51. The van der Waals surface area contributed by atoms with Gasteiger partial charge in [-0.3, -0.25) is 23.9 Å². The van der Waals surface area contributed by atoms with Gasteiger partial charge in [-0.1, -0.05) is 0 Å². The molecule has 28 heavy (non-hydrogen) atoms. The number of nitrogens with one attached hydrogen (secondary N) is 1. The Bertz CT molecular complexity index is 953. The zero-order valence-corrected chi connectivity index (χ0v) is 16.7. The molecule has 0 saturated carbocycles. The van der Waals surface area contributed by atoms with Crippen LogP contribution in [0.1, 0.15) is 26.5 Å². The van der Waals surface area contributed by atoms with E-state index >= 15 is 0 Å². The Morgan fingerprint density at radius 1 is 1.46 bits per heavy atom. The highest BCUT2D eigenvalue weighted by molar-refractivity contribution is 7.84. The van der Waals surface area contributed by atoms with E-state index in [9.17, 15) is 27.9 Å². The highest BCUT2D eigenvalue weighted by atomic mass is 32.2. The number of β-lactam (4-membered cyclic amide) rings is 1. The summed E-state index contributed by atoms with van der Waals surface area (Å²) in [6.07, 6.45) is 0. The third-order valence-corrected chi connectivity index (χ3v) is 5.75. The third kappa shape index (κ3) is 4.28. The lowest BCUT2D eigenvalue weighted by Crippen LogP contribution is -2.71. The lowest BCUT2D eigenvalue weighted by molar-refractivity contribution is -0.146. The molecule has 2 rings (SSSR count). The lowest BCUT2D eigenvalue weighted by Gasteiger charge is -2.42. The van der Waals surface area contributed by atoms with Crippen LogP contribution in [0.15, 0.2) is 10.4 Å². The van der Waals surface area contributed by atoms with Gasteiger partial charge < -0.3 is 16.2 Å². The van der Waals surface area contributed by atoms with E-state index in [4.69, 9.17) is 10.3 Å². The van der Waals surface area contributed by atoms with Crippen molar-refractivity contribution in [3.8, 4) is 0 Å². The number of aromatic nitrogens is 1. The van der Waals surface area contributed by atoms with E-state index in [1.54, 1.807) is 0 Å². The zero-order valence-electron chi connectivity index (χ0n) is 15.1. The Labute approximate surface area is 164 Å². The quantitative estimate of drug-likeness (QED) is 0.240. The van der Waals surface area contributed by atoms with Crippen LogP contribution in [0, 0.1) is 5.41 Å². The minimum Gasteiger partial charge on any atom is -0.481 e. The Morgan fingerprint density at radius 2 is 2.07 bits per heavy atom. The van der Waals surface area contributed by atoms with Crippen molar-refractivity contribution in [2.45, 2.75) is 32.9 Å². The van der Waals surface area contributed by atoms with Gasteiger partial charge in [0.25, 0.3) is 11.8 Å². The summed E-state index contributed by atoms with van der Waals surface area (Å²) in [6.45, 7) is 3.91. The van der Waals surface area contributed by atoms with Crippen LogP contribution in [-0.4, -0.2) is 69.5 Å². The second kappa shape index (κ2) is 7.44. The standard InChI is InChI=1S/C14H19N5O7S2/c1-6-8(11(21)19(6)28(24,25)26)18-10(20)9(7-4-27-13(15)17-7)16-5-14(2,3)12(22)23/h4,6,8H,5H2,1-3H3,(H2,15,17)(H,18,20)(H,22,23)(H,24,25,26)/b16-9-/t6-,8-/m0/s1. The van der Waals surface area contributed by atoms with Gasteiger partial charge in [0.2, 0.25) is 0 Å². The van der Waals surface area contributed by atoms with Gasteiger partial charge in [0.1, 0.15) is 17.4 Å². The van der Waals surface area contributed by atoms with Gasteiger partial charge in [0.15, 0.2) is 5.13 Å². The van der Waals surface area contributed by atoms with Crippen LogP contribution < -0.4 is 11.1 Å². The van der Waals surface area contributed by atoms with Crippen molar-refractivity contribution in [2.75, 3.05) is 12.3 Å². The number of thiazole rings is 1. The molecule has 2 amide bonds. The number of nitrogens with two attached hydrogens (primary N) is 1. The Hall–Kier alpha value is -2.58. The predicted molar refractivity (Wildman–Crippen MR) is 99.1 cm³/mol. The van der Waals surface area contributed by atoms with Crippen LogP contribution in [0.2, 0.25) is 0 Å². The summed E-state index contributed by atoms with van der Waals surface area (Å²) in [7, 11) is -4.73. The summed E-state index contributed by atoms with van der Waals surface area (Å²) in [5.41, 5.74) is 4.14. The van der Waals surface area contributed by atoms with Crippen molar-refractivity contribution in [3.63, 3.8) is 0 Å². The first-order valence-electron chi connectivity index (χ1n) is 7.86. The maximum atomic E-state index is 12.6. The monoisotopic (exact) mass is 433 g/mol. The normalized spacial score (nSPS) is 20.6. The minimum absolute atomic E-state index is 0.0900. The number of hydrogen-bond acceptors (Lipinski definition) is 9. The fourth-order valence-electron chi connectivity index (χ4n) is 2.32. The topological polar surface area (TPSA) is 192 Å². The van der Waals surface area contributed by atoms with Crippen molar-refractivity contribution >= 4 is 50.3 Å². The van der Waals surface area contributed by atoms with Gasteiger partial charge >= 0.3 is 16.3 Å². The van der Waals surface area contributed by atoms with Gasteiger partial charge in [-0.25, -0.2) is 9.29 Å². The van der Waals surface area contributed by atoms with Crippen molar-refractivity contribution in [1.29, 1.82) is 0 Å². The molecule has 1 aromatic heterocycles. The number of carbonyl (C=O) groups excluding carboxylic acids is 2. The number of nitrogens with zero attached hydrogens (tertiary/aromatic N) is 3. The first-order valence-corrected chi connectivity index (χ1v) is 10.1. The number of carbonyl (C=O) groups is 3. The Morgan fingerprint density at radius 3 is 2.50 bits per heavy atom. The molecular weight excluding hydrogens is 414 g/mol. The summed E-state index contributed by atoms with van der Waals surface area (Å²) in [5, 5.41) is 13.1. The zero-order chi connectivity index (χ0) is 21.4. The third-order valence-electron chi connectivity index (χ3n) is 4.06. The van der Waals surface area contributed by atoms with Gasteiger partial charge in [-0.05, 0) is 20.8 Å². The van der Waals surface area contributed by atoms with E-state index < -0.39 is 45.6 Å². The maximum absolute atomic E-state index is 12.6. The van der Waals surface area contributed by atoms with Crippen LogP contribution >= 0.6 is 11.3 Å². The number of amides is 2. The van der Waals surface area contributed by atoms with Gasteiger partial charge in [-0.15, -0.1) is 11.3 Å². The molecule has 5 N–H and O–H groups in total. The number of aliphatic carboxylic acids is 1. The number of rotatable bonds is 7. The van der Waals surface area contributed by atoms with E-state index in [0.29, 0.717) is 0 Å². The molecule has 0 radical (unpaired) electrons. The summed E-state index contributed by atoms with van der Waals surface area (Å²) in [4.78, 5) is 43.8. The molecule has 12 nitrogen and oxygen atoms in total. The summed E-state index contributed by atoms with van der Waals surface area (Å²) < 4.78 is 31.5. The molecule has 154 valence electrons. The van der Waals surface area contributed by atoms with E-state index in [-0.39, 0.29) is 27.4 Å². The molecule has 1 aliphatic rings. The van der Waals surface area contributed by atoms with Crippen molar-refractivity contribution < 1.29 is 32.5 Å². The largest absolute Gasteiger partial charge is 0.481 e. The maximum Gasteiger partial charge on any atom is 0.362 e. The van der Waals surface area contributed by atoms with E-state index in [1.807, 2.05) is 0 Å². The molecule has 0 aliphatic carbocycles. The molecule has 1 saturated heterocycles. The summed E-state index contributed by atoms with van der Waals surface area (Å²) in [5.74, 6) is -2.99. The number of carboxylic acid groups (broad SMARTS) is 1. The Balaban J connectivity index is 2.26. The van der Waals surface area contributed by atoms with Gasteiger partial charge in [0.05, 0.1) is 18.0 Å². The molecule has 0 bridgehead atoms. The van der Waals surface area contributed by atoms with E-state index in [0.717, 1.165) is 11.3 Å². The molecule has 0 spiro atoms. The number of anilines is 1. The first kappa shape index (κ1) is 21.7. The summed E-state index contributed by atoms with van der Waals surface area (Å²) >= 11 is 1.04. The fraction of sp³-hybridized carbons (Fsp3) is 0.500. The van der Waals surface area contributed by atoms with Gasteiger partial charge in [0, 0.05) is 5.38 Å². The van der Waals surface area contributed by atoms with Crippen LogP contribution in [0.3, 0.4) is 0 Å². The van der Waals surface area contributed by atoms with Crippen LogP contribution in [0.5, 0.6) is 0 Å². The number of nitrogen functional groups attached to an aromatic ring is 1. The SMILES string of the molecule is C[C@H]1[C@H](NC(=O)/C(=N\CC(C)(C)C(=O)O)c2csc(N)n2)C(=O)N1S(=O)(=O)O. The number of hydrogen-bond donors (Lipinski definition) is 4. The van der Waals surface area contributed by atoms with Crippen molar-refractivity contribution in [3.05, 3.63) is 11.1 Å². The van der Waals surface area contributed by atoms with E-state index in [2.05, 4.69) is 15.3 Å². The van der Waals surface area contributed by atoms with E-state index in [1.165, 1.54) is 26.2 Å². The molecule has 2 atom stereocenters. The second-order valence-electron chi connectivity index (χ2n) is 6.73. The van der Waals surface area contributed by atoms with Crippen LogP contribution in [-0.2, 0) is 24.7 Å². The minimum atomic E-state index is -4.73. The molecule has 14 heteroatoms. The molecular formula is C14H19N5O7S2. The number of aliphatic imine (C=N–C) groups is 1. The van der Waals surface area contributed by atoms with Crippen molar-refractivity contribution in [1.82, 2.24) is 14.6 Å². The molecule has 1 aliphatic heterocycles. The average molecular weight is 433 g/mol. The number of carboxylic acids is 1. The molecule has 1 aromatic rings.